The van der Waals surface area contributed by atoms with E-state index in [0.717, 1.165) is 248 Å². The Hall–Kier alpha value is -19.4. The van der Waals surface area contributed by atoms with Crippen LogP contribution in [0.5, 0.6) is 0 Å². The van der Waals surface area contributed by atoms with Crippen LogP contribution in [0, 0.1) is 0 Å². The van der Waals surface area contributed by atoms with Crippen molar-refractivity contribution in [1.29, 1.82) is 0 Å². The van der Waals surface area contributed by atoms with Crippen LogP contribution in [0.2, 0.25) is 0 Å². The molecule has 0 aliphatic heterocycles. The molecular formula is C123H69N9O8. The average Bonchev–Trinajstić information content (AvgIpc) is 1.52. The Kier molecular flexibility index (Phi) is 18.2. The molecule has 654 valence electrons. The van der Waals surface area contributed by atoms with Crippen LogP contribution in [-0.4, -0.2) is 44.9 Å². The van der Waals surface area contributed by atoms with Crippen molar-refractivity contribution in [1.82, 2.24) is 44.9 Å². The van der Waals surface area contributed by atoms with Crippen molar-refractivity contribution in [2.24, 2.45) is 0 Å². The van der Waals surface area contributed by atoms with Crippen LogP contribution in [0.25, 0.3) is 300 Å². The molecule has 19 aromatic carbocycles. The third kappa shape index (κ3) is 13.2. The van der Waals surface area contributed by atoms with Crippen LogP contribution in [0.1, 0.15) is 0 Å². The molecule has 140 heavy (non-hydrogen) atoms. The third-order valence-corrected chi connectivity index (χ3v) is 26.5. The van der Waals surface area contributed by atoms with Crippen LogP contribution in [0.3, 0.4) is 0 Å². The van der Waals surface area contributed by atoms with E-state index in [9.17, 15) is 0 Å². The zero-order valence-corrected chi connectivity index (χ0v) is 74.1. The molecule has 0 aliphatic carbocycles. The Bertz CT molecular complexity index is 9640. The van der Waals surface area contributed by atoms with Crippen molar-refractivity contribution in [3.63, 3.8) is 0 Å². The standard InChI is InChI=1S/C45H27N3O2.2C39H21N3O3/c1-2-10-30(11-3-1)43-46-44(31-24-20-28(21-25-31)33-14-8-18-39-41(33)35-12-4-6-16-37(35)49-39)48-45(47-43)32-26-22-29(23-27-32)34-15-9-19-40-42(34)36-13-5-7-17-38(36)50-40;1-4-17-29-22(10-1)23-13-7-16-28(36(23)45-29)39-41-37(26-14-8-20-32-34(26)24-11-2-5-18-30(24)43-32)40-38(42-39)27-15-9-21-33-35(27)25-12-3-6-19-31(25)44-33;1-4-16-28-22(10-1)34-25(13-7-19-31(34)43-28)37-40-38(26-14-8-20-32-35(26)23-11-2-5-17-29(23)44-32)42-39(41-37)27-15-9-21-33-36(27)24-12-3-6-18-30(24)45-33/h1-27H;2*1-21H. The van der Waals surface area contributed by atoms with E-state index in [0.29, 0.717) is 52.4 Å². The number of rotatable bonds is 11. The van der Waals surface area contributed by atoms with Gasteiger partial charge in [-0.3, -0.25) is 0 Å². The van der Waals surface area contributed by atoms with E-state index in [1.165, 1.54) is 0 Å². The van der Waals surface area contributed by atoms with E-state index in [1.807, 2.05) is 273 Å². The van der Waals surface area contributed by atoms with Gasteiger partial charge in [0.2, 0.25) is 0 Å². The highest BCUT2D eigenvalue weighted by Crippen LogP contribution is 2.48. The summed E-state index contributed by atoms with van der Waals surface area (Å²) < 4.78 is 49.9. The minimum Gasteiger partial charge on any atom is -0.456 e. The summed E-state index contributed by atoms with van der Waals surface area (Å²) >= 11 is 0. The van der Waals surface area contributed by atoms with E-state index in [-0.39, 0.29) is 0 Å². The summed E-state index contributed by atoms with van der Waals surface area (Å²) in [6.45, 7) is 0. The molecule has 0 atom stereocenters. The van der Waals surface area contributed by atoms with Gasteiger partial charge in [0.05, 0.1) is 5.56 Å². The summed E-state index contributed by atoms with van der Waals surface area (Å²) in [7, 11) is 0. The number of hydrogen-bond donors (Lipinski definition) is 0. The van der Waals surface area contributed by atoms with Gasteiger partial charge in [0, 0.05) is 131 Å². The van der Waals surface area contributed by atoms with Crippen molar-refractivity contribution < 1.29 is 35.3 Å². The topological polar surface area (TPSA) is 221 Å². The first kappa shape index (κ1) is 79.2. The largest absolute Gasteiger partial charge is 0.456 e. The van der Waals surface area contributed by atoms with Gasteiger partial charge in [-0.15, -0.1) is 0 Å². The van der Waals surface area contributed by atoms with E-state index in [1.54, 1.807) is 0 Å². The van der Waals surface area contributed by atoms with Gasteiger partial charge in [-0.05, 0) is 119 Å². The number of aromatic nitrogens is 9. The molecule has 30 aromatic rings. The van der Waals surface area contributed by atoms with Crippen molar-refractivity contribution in [2.45, 2.75) is 0 Å². The maximum Gasteiger partial charge on any atom is 0.167 e. The highest BCUT2D eigenvalue weighted by Gasteiger charge is 2.28. The van der Waals surface area contributed by atoms with Crippen molar-refractivity contribution in [3.8, 4) is 125 Å². The van der Waals surface area contributed by atoms with Crippen molar-refractivity contribution in [3.05, 3.63) is 419 Å². The van der Waals surface area contributed by atoms with Crippen LogP contribution in [0.15, 0.2) is 454 Å². The fourth-order valence-corrected chi connectivity index (χ4v) is 20.2. The quantitative estimate of drug-likeness (QED) is 0.117. The lowest BCUT2D eigenvalue weighted by atomic mass is 9.98. The van der Waals surface area contributed by atoms with Gasteiger partial charge < -0.3 is 35.3 Å². The van der Waals surface area contributed by atoms with Gasteiger partial charge in [-0.1, -0.05) is 322 Å². The van der Waals surface area contributed by atoms with E-state index in [4.69, 9.17) is 80.2 Å². The SMILES string of the molecule is c1ccc(-c2nc(-c3ccc(-c4cccc5oc6ccccc6c45)cc3)nc(-c3ccc(-c4cccc5oc6ccccc6c45)cc3)n2)cc1.c1ccc2c(c1)oc1c(-c3nc(-c4cccc5oc6ccccc6c45)nc(-c4cccc5oc6ccccc6c45)n3)cccc12.c1ccc2c(c1)oc1cccc(-c3nc(-c4cccc5oc6ccccc6c45)nc(-c4cccc5oc6ccccc6c45)n3)c12. The van der Waals surface area contributed by atoms with Gasteiger partial charge in [0.25, 0.3) is 0 Å². The molecule has 17 nitrogen and oxygen atoms in total. The number of furan rings is 8. The fraction of sp³-hybridized carbons (Fsp3) is 0. The van der Waals surface area contributed by atoms with Crippen LogP contribution in [-0.2, 0) is 0 Å². The number of nitrogens with zero attached hydrogens (tertiary/aromatic N) is 9. The predicted octanol–water partition coefficient (Wildman–Crippen LogP) is 33.1. The lowest BCUT2D eigenvalue weighted by Gasteiger charge is -2.10. The second-order valence-corrected chi connectivity index (χ2v) is 34.7. The number of para-hydroxylation sites is 9. The second-order valence-electron chi connectivity index (χ2n) is 34.7. The molecule has 0 radical (unpaired) electrons. The Morgan fingerprint density at radius 1 is 0.107 bits per heavy atom. The first-order valence-corrected chi connectivity index (χ1v) is 46.2. The second kappa shape index (κ2) is 32.2. The first-order valence-electron chi connectivity index (χ1n) is 46.2. The lowest BCUT2D eigenvalue weighted by molar-refractivity contribution is 0.668. The summed E-state index contributed by atoms with van der Waals surface area (Å²) in [5, 5.41) is 16.4. The van der Waals surface area contributed by atoms with Crippen molar-refractivity contribution >= 4 is 176 Å². The minimum absolute atomic E-state index is 0.522. The van der Waals surface area contributed by atoms with Gasteiger partial charge in [-0.2, -0.15) is 0 Å². The highest BCUT2D eigenvalue weighted by atomic mass is 16.4. The minimum atomic E-state index is 0.522. The lowest BCUT2D eigenvalue weighted by Crippen LogP contribution is -2.01. The fourth-order valence-electron chi connectivity index (χ4n) is 20.2. The van der Waals surface area contributed by atoms with E-state index >= 15 is 0 Å². The Balaban J connectivity index is 0.000000103. The molecular weight excluding hydrogens is 1730 g/mol. The molecule has 17 heteroatoms. The number of benzene rings is 19. The molecule has 0 saturated heterocycles. The molecule has 0 unspecified atom stereocenters. The predicted molar refractivity (Wildman–Crippen MR) is 558 cm³/mol. The van der Waals surface area contributed by atoms with Crippen LogP contribution >= 0.6 is 0 Å². The summed E-state index contributed by atoms with van der Waals surface area (Å²) in [5.74, 6) is 5.15. The molecule has 30 rings (SSSR count). The van der Waals surface area contributed by atoms with Gasteiger partial charge in [0.1, 0.15) is 89.3 Å². The summed E-state index contributed by atoms with van der Waals surface area (Å²) in [6.07, 6.45) is 0. The molecule has 0 saturated carbocycles. The molecule has 11 aromatic heterocycles. The summed E-state index contributed by atoms with van der Waals surface area (Å²) in [4.78, 5) is 45.9. The first-order chi connectivity index (χ1) is 69.4. The molecule has 0 amide bonds. The van der Waals surface area contributed by atoms with E-state index < -0.39 is 0 Å². The smallest absolute Gasteiger partial charge is 0.167 e. The summed E-state index contributed by atoms with van der Waals surface area (Å²) in [5.41, 5.74) is 25.4. The summed E-state index contributed by atoms with van der Waals surface area (Å²) in [6, 6.07) is 140. The van der Waals surface area contributed by atoms with Gasteiger partial charge in [-0.25, -0.2) is 44.9 Å². The number of hydrogen-bond acceptors (Lipinski definition) is 17. The molecule has 11 heterocycles. The Morgan fingerprint density at radius 3 is 0.564 bits per heavy atom. The maximum atomic E-state index is 6.43. The maximum absolute atomic E-state index is 6.43. The third-order valence-electron chi connectivity index (χ3n) is 26.5. The Labute approximate surface area is 793 Å². The Morgan fingerprint density at radius 2 is 0.286 bits per heavy atom. The van der Waals surface area contributed by atoms with Crippen LogP contribution < -0.4 is 0 Å². The molecule has 0 bridgehead atoms. The molecule has 0 fully saturated rings. The van der Waals surface area contributed by atoms with E-state index in [2.05, 4.69) is 146 Å². The normalized spacial score (nSPS) is 11.9. The molecule has 0 aliphatic rings. The zero-order valence-electron chi connectivity index (χ0n) is 74.1. The number of fused-ring (bicyclic) bond motifs is 24. The molecule has 0 N–H and O–H groups in total. The van der Waals surface area contributed by atoms with Crippen molar-refractivity contribution in [2.75, 3.05) is 0 Å². The van der Waals surface area contributed by atoms with Gasteiger partial charge in [0.15, 0.2) is 52.4 Å². The van der Waals surface area contributed by atoms with Crippen LogP contribution in [0.4, 0.5) is 0 Å². The highest BCUT2D eigenvalue weighted by molar-refractivity contribution is 6.19. The average molecular weight is 1800 g/mol. The monoisotopic (exact) mass is 1800 g/mol. The molecule has 0 spiro atoms. The zero-order chi connectivity index (χ0) is 92.0. The van der Waals surface area contributed by atoms with Gasteiger partial charge >= 0.3 is 0 Å².